The van der Waals surface area contributed by atoms with E-state index in [0.717, 1.165) is 12.4 Å². The van der Waals surface area contributed by atoms with E-state index in [1.165, 1.54) is 0 Å². The van der Waals surface area contributed by atoms with Gasteiger partial charge >= 0.3 is 0 Å². The number of hydrogen-bond donors (Lipinski definition) is 2. The number of anilines is 3. The van der Waals surface area contributed by atoms with Gasteiger partial charge in [0.1, 0.15) is 22.6 Å². The standard InChI is InChI=1S/C14H14ClFN8/c1-8(13-17-4-9(16)5-18-13)20-14-21-10(15)3-11(23-14)22-12-6-24(2)7-19-12/h3-8H,1-2H3,(H2,20,21,22,23)/t8-/m1/s1. The summed E-state index contributed by atoms with van der Waals surface area (Å²) >= 11 is 6.03. The van der Waals surface area contributed by atoms with Crippen molar-refractivity contribution in [1.29, 1.82) is 0 Å². The maximum absolute atomic E-state index is 12.9. The van der Waals surface area contributed by atoms with Gasteiger partial charge in [-0.3, -0.25) is 0 Å². The Morgan fingerprint density at radius 3 is 2.58 bits per heavy atom. The first-order valence-electron chi connectivity index (χ1n) is 7.03. The molecule has 3 rings (SSSR count). The number of aryl methyl sites for hydroxylation is 1. The zero-order valence-corrected chi connectivity index (χ0v) is 13.7. The summed E-state index contributed by atoms with van der Waals surface area (Å²) in [6, 6.07) is 1.26. The fraction of sp³-hybridized carbons (Fsp3) is 0.214. The van der Waals surface area contributed by atoms with E-state index in [4.69, 9.17) is 11.6 Å². The highest BCUT2D eigenvalue weighted by Crippen LogP contribution is 2.20. The molecule has 0 radical (unpaired) electrons. The summed E-state index contributed by atoms with van der Waals surface area (Å²) in [7, 11) is 1.86. The maximum atomic E-state index is 12.9. The monoisotopic (exact) mass is 348 g/mol. The van der Waals surface area contributed by atoms with Gasteiger partial charge < -0.3 is 15.2 Å². The summed E-state index contributed by atoms with van der Waals surface area (Å²) in [4.78, 5) is 20.4. The van der Waals surface area contributed by atoms with Crippen molar-refractivity contribution in [2.75, 3.05) is 10.6 Å². The number of aromatic nitrogens is 6. The van der Waals surface area contributed by atoms with E-state index < -0.39 is 5.82 Å². The Kier molecular flexibility index (Phi) is 4.52. The molecule has 0 saturated heterocycles. The zero-order valence-electron chi connectivity index (χ0n) is 12.9. The topological polar surface area (TPSA) is 93.4 Å². The van der Waals surface area contributed by atoms with E-state index in [-0.39, 0.29) is 11.2 Å². The lowest BCUT2D eigenvalue weighted by Gasteiger charge is -2.13. The van der Waals surface area contributed by atoms with Gasteiger partial charge in [-0.25, -0.2) is 24.3 Å². The highest BCUT2D eigenvalue weighted by molar-refractivity contribution is 6.29. The Bertz CT molecular complexity index is 835. The number of imidazole rings is 1. The van der Waals surface area contributed by atoms with E-state index in [1.807, 2.05) is 14.0 Å². The minimum absolute atomic E-state index is 0.262. The van der Waals surface area contributed by atoms with Crippen LogP contribution in [0.1, 0.15) is 18.8 Å². The van der Waals surface area contributed by atoms with Crippen molar-refractivity contribution in [2.24, 2.45) is 7.05 Å². The van der Waals surface area contributed by atoms with Crippen molar-refractivity contribution in [3.05, 3.63) is 47.8 Å². The van der Waals surface area contributed by atoms with Crippen LogP contribution >= 0.6 is 11.6 Å². The summed E-state index contributed by atoms with van der Waals surface area (Å²) < 4.78 is 14.7. The van der Waals surface area contributed by atoms with Crippen LogP contribution in [0.2, 0.25) is 5.15 Å². The normalized spacial score (nSPS) is 12.0. The molecular formula is C14H14ClFN8. The number of hydrogen-bond acceptors (Lipinski definition) is 7. The molecule has 0 fully saturated rings. The Hall–Kier alpha value is -2.81. The minimum Gasteiger partial charge on any atom is -0.344 e. The third-order valence-electron chi connectivity index (χ3n) is 3.03. The largest absolute Gasteiger partial charge is 0.344 e. The quantitative estimate of drug-likeness (QED) is 0.684. The number of nitrogens with zero attached hydrogens (tertiary/aromatic N) is 6. The van der Waals surface area contributed by atoms with E-state index in [9.17, 15) is 4.39 Å². The molecule has 0 bridgehead atoms. The molecule has 0 unspecified atom stereocenters. The molecule has 124 valence electrons. The van der Waals surface area contributed by atoms with Crippen LogP contribution in [0.3, 0.4) is 0 Å². The molecule has 2 N–H and O–H groups in total. The van der Waals surface area contributed by atoms with Crippen LogP contribution in [-0.2, 0) is 7.05 Å². The lowest BCUT2D eigenvalue weighted by molar-refractivity contribution is 0.604. The third kappa shape index (κ3) is 3.93. The van der Waals surface area contributed by atoms with E-state index in [1.54, 1.807) is 23.2 Å². The van der Waals surface area contributed by atoms with Gasteiger partial charge in [0.05, 0.1) is 24.8 Å². The van der Waals surface area contributed by atoms with Crippen LogP contribution in [0.15, 0.2) is 31.0 Å². The van der Waals surface area contributed by atoms with Gasteiger partial charge in [-0.15, -0.1) is 0 Å². The number of halogens is 2. The molecule has 0 spiro atoms. The summed E-state index contributed by atoms with van der Waals surface area (Å²) in [5.74, 6) is 1.34. The highest BCUT2D eigenvalue weighted by atomic mass is 35.5. The average Bonchev–Trinajstić information content (AvgIpc) is 2.92. The van der Waals surface area contributed by atoms with Gasteiger partial charge in [0, 0.05) is 19.3 Å². The van der Waals surface area contributed by atoms with Crippen LogP contribution in [0, 0.1) is 5.82 Å². The maximum Gasteiger partial charge on any atom is 0.226 e. The lowest BCUT2D eigenvalue weighted by Crippen LogP contribution is -2.13. The number of nitrogens with one attached hydrogen (secondary N) is 2. The van der Waals surface area contributed by atoms with Gasteiger partial charge in [-0.1, -0.05) is 11.6 Å². The molecule has 0 aromatic carbocycles. The van der Waals surface area contributed by atoms with Crippen LogP contribution in [0.5, 0.6) is 0 Å². The van der Waals surface area contributed by atoms with Crippen molar-refractivity contribution < 1.29 is 4.39 Å². The molecule has 0 saturated carbocycles. The molecule has 10 heteroatoms. The molecule has 3 aromatic heterocycles. The Morgan fingerprint density at radius 2 is 1.92 bits per heavy atom. The van der Waals surface area contributed by atoms with E-state index in [0.29, 0.717) is 23.4 Å². The third-order valence-corrected chi connectivity index (χ3v) is 3.22. The molecule has 24 heavy (non-hydrogen) atoms. The molecule has 3 aromatic rings. The first-order chi connectivity index (χ1) is 11.5. The fourth-order valence-corrected chi connectivity index (χ4v) is 2.14. The molecule has 8 nitrogen and oxygen atoms in total. The van der Waals surface area contributed by atoms with Gasteiger partial charge in [0.2, 0.25) is 5.95 Å². The van der Waals surface area contributed by atoms with Gasteiger partial charge in [-0.05, 0) is 6.92 Å². The van der Waals surface area contributed by atoms with Gasteiger partial charge in [0.25, 0.3) is 0 Å². The second-order valence-corrected chi connectivity index (χ2v) is 5.46. The second kappa shape index (κ2) is 6.75. The molecule has 0 amide bonds. The summed E-state index contributed by atoms with van der Waals surface area (Å²) in [5.41, 5.74) is 0. The highest BCUT2D eigenvalue weighted by Gasteiger charge is 2.12. The lowest BCUT2D eigenvalue weighted by atomic mass is 10.3. The molecular weight excluding hydrogens is 335 g/mol. The fourth-order valence-electron chi connectivity index (χ4n) is 1.96. The smallest absolute Gasteiger partial charge is 0.226 e. The van der Waals surface area contributed by atoms with Crippen molar-refractivity contribution in [1.82, 2.24) is 29.5 Å². The molecule has 0 aliphatic carbocycles. The second-order valence-electron chi connectivity index (χ2n) is 5.07. The first-order valence-corrected chi connectivity index (χ1v) is 7.41. The molecule has 1 atom stereocenters. The predicted octanol–water partition coefficient (Wildman–Crippen LogP) is 2.71. The SMILES string of the molecule is C[C@@H](Nc1nc(Cl)cc(Nc2cn(C)cn2)n1)c1ncc(F)cn1. The average molecular weight is 349 g/mol. The summed E-state index contributed by atoms with van der Waals surface area (Å²) in [6.07, 6.45) is 5.68. The number of rotatable bonds is 5. The predicted molar refractivity (Wildman–Crippen MR) is 87.6 cm³/mol. The zero-order chi connectivity index (χ0) is 17.1. The van der Waals surface area contributed by atoms with E-state index in [2.05, 4.69) is 35.6 Å². The van der Waals surface area contributed by atoms with Gasteiger partial charge in [0.15, 0.2) is 5.82 Å². The molecule has 3 heterocycles. The first kappa shape index (κ1) is 16.1. The van der Waals surface area contributed by atoms with Crippen molar-refractivity contribution in [3.8, 4) is 0 Å². The Balaban J connectivity index is 1.76. The summed E-state index contributed by atoms with van der Waals surface area (Å²) in [5, 5.41) is 6.33. The van der Waals surface area contributed by atoms with Crippen LogP contribution in [-0.4, -0.2) is 29.5 Å². The van der Waals surface area contributed by atoms with Crippen molar-refractivity contribution in [3.63, 3.8) is 0 Å². The van der Waals surface area contributed by atoms with Gasteiger partial charge in [-0.2, -0.15) is 4.98 Å². The van der Waals surface area contributed by atoms with E-state index >= 15 is 0 Å². The van der Waals surface area contributed by atoms with Crippen molar-refractivity contribution in [2.45, 2.75) is 13.0 Å². The Labute approximate surface area is 142 Å². The van der Waals surface area contributed by atoms with Crippen LogP contribution < -0.4 is 10.6 Å². The van der Waals surface area contributed by atoms with Crippen LogP contribution in [0.4, 0.5) is 22.0 Å². The minimum atomic E-state index is -0.494. The molecule has 0 aliphatic rings. The molecule has 0 aliphatic heterocycles. The Morgan fingerprint density at radius 1 is 1.17 bits per heavy atom. The summed E-state index contributed by atoms with van der Waals surface area (Å²) in [6.45, 7) is 1.81. The van der Waals surface area contributed by atoms with Crippen molar-refractivity contribution >= 4 is 29.2 Å². The van der Waals surface area contributed by atoms with Crippen LogP contribution in [0.25, 0.3) is 0 Å².